The first-order chi connectivity index (χ1) is 23.5. The molecule has 0 radical (unpaired) electrons. The Balaban J connectivity index is 0.000000207. The fourth-order valence-electron chi connectivity index (χ4n) is 6.49. The van der Waals surface area contributed by atoms with Gasteiger partial charge in [0, 0.05) is 41.3 Å². The Morgan fingerprint density at radius 3 is 1.92 bits per heavy atom. The summed E-state index contributed by atoms with van der Waals surface area (Å²) in [7, 11) is 0. The molecule has 7 rings (SSSR count). The van der Waals surface area contributed by atoms with Gasteiger partial charge in [-0.25, -0.2) is 19.3 Å². The summed E-state index contributed by atoms with van der Waals surface area (Å²) in [6.07, 6.45) is 5.07. The third kappa shape index (κ3) is 8.71. The Kier molecular flexibility index (Phi) is 11.1. The van der Waals surface area contributed by atoms with E-state index in [-0.39, 0.29) is 12.1 Å². The van der Waals surface area contributed by atoms with Gasteiger partial charge in [0.25, 0.3) is 0 Å². The van der Waals surface area contributed by atoms with Gasteiger partial charge in [-0.1, -0.05) is 35.3 Å². The van der Waals surface area contributed by atoms with E-state index in [9.17, 15) is 0 Å². The molecule has 11 nitrogen and oxygen atoms in total. The Morgan fingerprint density at radius 1 is 0.796 bits per heavy atom. The first-order valence-electron chi connectivity index (χ1n) is 16.5. The maximum Gasteiger partial charge on any atom is 0.321 e. The summed E-state index contributed by atoms with van der Waals surface area (Å²) < 4.78 is 15.8. The normalized spacial score (nSPS) is 18.5. The molecule has 1 saturated carbocycles. The van der Waals surface area contributed by atoms with Crippen LogP contribution in [-0.4, -0.2) is 52.6 Å². The number of fused-ring (bicyclic) bond motifs is 2. The lowest BCUT2D eigenvalue weighted by atomic mass is 9.82. The van der Waals surface area contributed by atoms with Crippen molar-refractivity contribution in [2.45, 2.75) is 66.0 Å². The summed E-state index contributed by atoms with van der Waals surface area (Å²) in [6.45, 7) is 12.3. The van der Waals surface area contributed by atoms with Gasteiger partial charge in [0.1, 0.15) is 23.6 Å². The number of anilines is 1. The summed E-state index contributed by atoms with van der Waals surface area (Å²) in [6, 6.07) is 17.9. The summed E-state index contributed by atoms with van der Waals surface area (Å²) in [5.41, 5.74) is 1.01. The Hall–Kier alpha value is -3.74. The van der Waals surface area contributed by atoms with E-state index in [4.69, 9.17) is 42.8 Å². The zero-order valence-electron chi connectivity index (χ0n) is 28.2. The molecule has 0 amide bonds. The van der Waals surface area contributed by atoms with Gasteiger partial charge in [0.2, 0.25) is 4.73 Å². The molecule has 2 aliphatic rings. The predicted octanol–water partition coefficient (Wildman–Crippen LogP) is 9.18. The van der Waals surface area contributed by atoms with E-state index in [0.29, 0.717) is 56.1 Å². The zero-order valence-corrected chi connectivity index (χ0v) is 31.3. The highest BCUT2D eigenvalue weighted by Gasteiger charge is 2.43. The van der Waals surface area contributed by atoms with Gasteiger partial charge < -0.3 is 14.4 Å². The molecule has 258 valence electrons. The molecule has 2 aromatic carbocycles. The summed E-state index contributed by atoms with van der Waals surface area (Å²) in [5, 5.41) is 10.3. The van der Waals surface area contributed by atoms with Crippen LogP contribution in [0.3, 0.4) is 0 Å². The van der Waals surface area contributed by atoms with Gasteiger partial charge in [0.05, 0.1) is 12.1 Å². The number of rotatable bonds is 9. The van der Waals surface area contributed by atoms with E-state index in [1.54, 1.807) is 29.2 Å². The number of nitrogens with zero attached hydrogens (tertiary/aromatic N) is 9. The summed E-state index contributed by atoms with van der Waals surface area (Å²) in [5.74, 6) is 5.08. The molecule has 2 bridgehead atoms. The molecule has 2 fully saturated rings. The van der Waals surface area contributed by atoms with Gasteiger partial charge in [0.15, 0.2) is 5.82 Å². The van der Waals surface area contributed by atoms with Crippen LogP contribution in [-0.2, 0) is 6.42 Å². The van der Waals surface area contributed by atoms with E-state index in [1.165, 1.54) is 12.8 Å². The van der Waals surface area contributed by atoms with Crippen LogP contribution >= 0.6 is 39.1 Å². The van der Waals surface area contributed by atoms with E-state index in [2.05, 4.69) is 60.8 Å². The average molecular weight is 770 g/mol. The topological polar surface area (TPSA) is 109 Å². The first-order valence-corrected chi connectivity index (χ1v) is 18.0. The van der Waals surface area contributed by atoms with Crippen LogP contribution in [0, 0.1) is 24.7 Å². The molecule has 0 spiro atoms. The van der Waals surface area contributed by atoms with Gasteiger partial charge in [-0.3, -0.25) is 0 Å². The monoisotopic (exact) mass is 767 g/mol. The number of ether oxygens (including phenoxy) is 2. The third-order valence-electron chi connectivity index (χ3n) is 8.77. The minimum absolute atomic E-state index is 0.157. The van der Waals surface area contributed by atoms with Crippen molar-refractivity contribution in [2.24, 2.45) is 17.8 Å². The highest BCUT2D eigenvalue weighted by molar-refractivity contribution is 9.10. The van der Waals surface area contributed by atoms with Crippen LogP contribution in [0.4, 0.5) is 5.82 Å². The molecular weight excluding hydrogens is 729 g/mol. The first kappa shape index (κ1) is 35.1. The van der Waals surface area contributed by atoms with Gasteiger partial charge in [-0.2, -0.15) is 15.1 Å². The van der Waals surface area contributed by atoms with Crippen LogP contribution in [0.5, 0.6) is 23.5 Å². The fourth-order valence-corrected chi connectivity index (χ4v) is 7.17. The van der Waals surface area contributed by atoms with Crippen LogP contribution in [0.15, 0.2) is 65.7 Å². The van der Waals surface area contributed by atoms with Gasteiger partial charge in [-0.15, -0.1) is 5.10 Å². The molecule has 1 aliphatic carbocycles. The lowest BCUT2D eigenvalue weighted by molar-refractivity contribution is 0.264. The Morgan fingerprint density at radius 2 is 1.37 bits per heavy atom. The van der Waals surface area contributed by atoms with Crippen LogP contribution in [0.1, 0.15) is 64.1 Å². The number of hydrogen-bond donors (Lipinski definition) is 0. The Labute approximate surface area is 305 Å². The lowest BCUT2D eigenvalue weighted by Crippen LogP contribution is -2.43. The van der Waals surface area contributed by atoms with E-state index < -0.39 is 0 Å². The number of hydrogen-bond acceptors (Lipinski definition) is 9. The maximum atomic E-state index is 6.12. The highest BCUT2D eigenvalue weighted by Crippen LogP contribution is 2.44. The highest BCUT2D eigenvalue weighted by atomic mass is 79.9. The molecule has 1 saturated heterocycles. The van der Waals surface area contributed by atoms with E-state index >= 15 is 0 Å². The molecule has 0 N–H and O–H groups in total. The lowest BCUT2D eigenvalue weighted by Gasteiger charge is -2.38. The number of benzene rings is 2. The molecule has 3 aromatic heterocycles. The van der Waals surface area contributed by atoms with Gasteiger partial charge >= 0.3 is 12.0 Å². The molecule has 1 aliphatic heterocycles. The summed E-state index contributed by atoms with van der Waals surface area (Å²) in [4.78, 5) is 20.1. The van der Waals surface area contributed by atoms with Crippen molar-refractivity contribution >= 4 is 44.9 Å². The number of aryl methyl sites for hydroxylation is 1. The van der Waals surface area contributed by atoms with Crippen LogP contribution in [0.2, 0.25) is 10.0 Å². The predicted molar refractivity (Wildman–Crippen MR) is 194 cm³/mol. The second kappa shape index (κ2) is 15.4. The minimum Gasteiger partial charge on any atom is -0.424 e. The van der Waals surface area contributed by atoms with Crippen LogP contribution < -0.4 is 14.4 Å². The second-order valence-corrected chi connectivity index (χ2v) is 14.6. The zero-order chi connectivity index (χ0) is 34.7. The van der Waals surface area contributed by atoms with Gasteiger partial charge in [-0.05, 0) is 118 Å². The van der Waals surface area contributed by atoms with Crippen molar-refractivity contribution in [1.29, 1.82) is 0 Å². The van der Waals surface area contributed by atoms with Crippen molar-refractivity contribution in [2.75, 3.05) is 18.0 Å². The largest absolute Gasteiger partial charge is 0.424 e. The smallest absolute Gasteiger partial charge is 0.321 e. The van der Waals surface area contributed by atoms with Crippen molar-refractivity contribution in [3.05, 3.63) is 87.2 Å². The van der Waals surface area contributed by atoms with Crippen molar-refractivity contribution in [3.8, 4) is 23.5 Å². The van der Waals surface area contributed by atoms with Crippen molar-refractivity contribution in [3.63, 3.8) is 0 Å². The fraction of sp³-hybridized carbons (Fsp3) is 0.429. The average Bonchev–Trinajstić information content (AvgIpc) is 3.69. The summed E-state index contributed by atoms with van der Waals surface area (Å²) >= 11 is 15.2. The molecule has 3 atom stereocenters. The minimum atomic E-state index is 0.157. The maximum absolute atomic E-state index is 6.12. The van der Waals surface area contributed by atoms with Crippen LogP contribution in [0.25, 0.3) is 0 Å². The molecule has 1 unspecified atom stereocenters. The third-order valence-corrected chi connectivity index (χ3v) is 9.57. The molecule has 4 heterocycles. The van der Waals surface area contributed by atoms with Crippen molar-refractivity contribution in [1.82, 2.24) is 39.5 Å². The van der Waals surface area contributed by atoms with Crippen molar-refractivity contribution < 1.29 is 9.47 Å². The Bertz CT molecular complexity index is 1870. The van der Waals surface area contributed by atoms with E-state index in [1.807, 2.05) is 55.8 Å². The molecular formula is C35H40BrCl2N9O2. The quantitative estimate of drug-likeness (QED) is 0.145. The number of halogens is 3. The standard InChI is InChI=1S/C24H29ClN6O.C11H11BrClN3O/c1-15(2)31-24(32-20-6-4-5-19(25)10-20)28-22(29-31)11-21-17-7-8-18(21)13-30(12-17)23-9-16(3)26-14-27-23;1-7(2)16-11(14-10(12)15-16)17-9-5-3-4-8(13)6-9/h4-6,9-10,14-15,17-18,21H,7-8,11-13H2,1-3H3;3-7H,1-2H3/t17-,18+,21?;. The molecule has 49 heavy (non-hydrogen) atoms. The molecule has 14 heteroatoms. The van der Waals surface area contributed by atoms with E-state index in [0.717, 1.165) is 36.8 Å². The molecule has 5 aromatic rings. The number of piperidine rings is 1. The number of aromatic nitrogens is 8. The second-order valence-electron chi connectivity index (χ2n) is 13.1. The SMILES string of the molecule is CC(C)n1nc(Br)nc1Oc1cccc(Cl)c1.Cc1cc(N2C[C@H]3CC[C@@H](C2)C3Cc2nc(Oc3cccc(Cl)c3)n(C(C)C)n2)ncn1.